The molecule has 0 aromatic carbocycles. The van der Waals surface area contributed by atoms with Crippen molar-refractivity contribution in [1.29, 1.82) is 0 Å². The fraction of sp³-hybridized carbons (Fsp3) is 0.643. The van der Waals surface area contributed by atoms with E-state index in [4.69, 9.17) is 9.47 Å². The Morgan fingerprint density at radius 1 is 1.23 bits per heavy atom. The SMILES string of the molecule is CC(=O)N1CCCOC2(C1)CN(C(=O)c1nccs1)CCO2. The van der Waals surface area contributed by atoms with E-state index in [2.05, 4.69) is 4.98 Å². The minimum absolute atomic E-state index is 0.00292. The van der Waals surface area contributed by atoms with Crippen LogP contribution in [0.4, 0.5) is 0 Å². The van der Waals surface area contributed by atoms with Crippen molar-refractivity contribution in [3.8, 4) is 0 Å². The molecule has 0 N–H and O–H groups in total. The average molecular weight is 325 g/mol. The molecule has 22 heavy (non-hydrogen) atoms. The van der Waals surface area contributed by atoms with Crippen LogP contribution >= 0.6 is 11.3 Å². The molecular formula is C14H19N3O4S. The van der Waals surface area contributed by atoms with Crippen molar-refractivity contribution in [1.82, 2.24) is 14.8 Å². The summed E-state index contributed by atoms with van der Waals surface area (Å²) in [7, 11) is 0. The van der Waals surface area contributed by atoms with Gasteiger partial charge < -0.3 is 19.3 Å². The maximum atomic E-state index is 12.5. The predicted molar refractivity (Wildman–Crippen MR) is 79.5 cm³/mol. The molecule has 0 aliphatic carbocycles. The van der Waals surface area contributed by atoms with Gasteiger partial charge in [0, 0.05) is 31.6 Å². The second-order valence-electron chi connectivity index (χ2n) is 5.47. The lowest BCUT2D eigenvalue weighted by molar-refractivity contribution is -0.260. The highest BCUT2D eigenvalue weighted by Gasteiger charge is 2.43. The molecule has 1 aromatic rings. The zero-order chi connectivity index (χ0) is 15.6. The van der Waals surface area contributed by atoms with Gasteiger partial charge in [0.05, 0.1) is 26.3 Å². The molecule has 1 unspecified atom stereocenters. The van der Waals surface area contributed by atoms with E-state index in [9.17, 15) is 9.59 Å². The highest BCUT2D eigenvalue weighted by atomic mass is 32.1. The molecule has 1 atom stereocenters. The summed E-state index contributed by atoms with van der Waals surface area (Å²) >= 11 is 1.32. The van der Waals surface area contributed by atoms with Crippen molar-refractivity contribution in [3.63, 3.8) is 0 Å². The summed E-state index contributed by atoms with van der Waals surface area (Å²) in [6.07, 6.45) is 2.39. The Kier molecular flexibility index (Phi) is 4.42. The summed E-state index contributed by atoms with van der Waals surface area (Å²) in [6, 6.07) is 0. The molecule has 2 saturated heterocycles. The topological polar surface area (TPSA) is 72.0 Å². The van der Waals surface area contributed by atoms with Crippen molar-refractivity contribution in [2.75, 3.05) is 39.4 Å². The Morgan fingerprint density at radius 3 is 2.73 bits per heavy atom. The Labute approximate surface area is 132 Å². The molecule has 0 radical (unpaired) electrons. The lowest BCUT2D eigenvalue weighted by Crippen LogP contribution is -2.59. The van der Waals surface area contributed by atoms with E-state index < -0.39 is 5.79 Å². The van der Waals surface area contributed by atoms with Crippen LogP contribution in [0.25, 0.3) is 0 Å². The summed E-state index contributed by atoms with van der Waals surface area (Å²) < 4.78 is 11.7. The molecule has 1 spiro atoms. The van der Waals surface area contributed by atoms with Gasteiger partial charge >= 0.3 is 0 Å². The standard InChI is InChI=1S/C14H19N3O4S/c1-11(18)16-4-2-6-20-14(9-16)10-17(5-7-21-14)13(19)12-15-3-8-22-12/h3,8H,2,4-7,9-10H2,1H3. The first kappa shape index (κ1) is 15.4. The van der Waals surface area contributed by atoms with Crippen molar-refractivity contribution >= 4 is 23.2 Å². The number of hydrogen-bond donors (Lipinski definition) is 0. The normalized spacial score (nSPS) is 26.0. The van der Waals surface area contributed by atoms with Crippen LogP contribution in [0, 0.1) is 0 Å². The average Bonchev–Trinajstić information content (AvgIpc) is 2.97. The van der Waals surface area contributed by atoms with Gasteiger partial charge in [0.2, 0.25) is 11.7 Å². The molecule has 2 fully saturated rings. The van der Waals surface area contributed by atoms with Crippen molar-refractivity contribution < 1.29 is 19.1 Å². The minimum atomic E-state index is -0.923. The summed E-state index contributed by atoms with van der Waals surface area (Å²) in [6.45, 7) is 4.27. The number of ether oxygens (including phenoxy) is 2. The van der Waals surface area contributed by atoms with E-state index in [-0.39, 0.29) is 11.8 Å². The van der Waals surface area contributed by atoms with Gasteiger partial charge in [0.1, 0.15) is 0 Å². The van der Waals surface area contributed by atoms with Crippen LogP contribution in [0.5, 0.6) is 0 Å². The quantitative estimate of drug-likeness (QED) is 0.755. The van der Waals surface area contributed by atoms with Gasteiger partial charge in [-0.15, -0.1) is 11.3 Å². The number of aromatic nitrogens is 1. The van der Waals surface area contributed by atoms with Crippen LogP contribution in [-0.4, -0.2) is 71.8 Å². The Morgan fingerprint density at radius 2 is 2.00 bits per heavy atom. The first-order valence-electron chi connectivity index (χ1n) is 7.32. The number of hydrogen-bond acceptors (Lipinski definition) is 6. The molecule has 1 aromatic heterocycles. The number of nitrogens with zero attached hydrogens (tertiary/aromatic N) is 3. The Hall–Kier alpha value is -1.51. The van der Waals surface area contributed by atoms with Crippen molar-refractivity contribution in [2.45, 2.75) is 19.1 Å². The number of rotatable bonds is 1. The maximum absolute atomic E-state index is 12.5. The predicted octanol–water partition coefficient (Wildman–Crippen LogP) is 0.581. The van der Waals surface area contributed by atoms with E-state index in [0.29, 0.717) is 44.4 Å². The number of carbonyl (C=O) groups excluding carboxylic acids is 2. The molecule has 3 heterocycles. The Balaban J connectivity index is 1.76. The molecule has 7 nitrogen and oxygen atoms in total. The summed E-state index contributed by atoms with van der Waals surface area (Å²) in [5.74, 6) is -1.04. The van der Waals surface area contributed by atoms with Gasteiger partial charge in [-0.1, -0.05) is 0 Å². The molecular weight excluding hydrogens is 306 g/mol. The van der Waals surface area contributed by atoms with Crippen molar-refractivity contribution in [2.24, 2.45) is 0 Å². The smallest absolute Gasteiger partial charge is 0.283 e. The van der Waals surface area contributed by atoms with E-state index in [1.807, 2.05) is 0 Å². The molecule has 120 valence electrons. The third kappa shape index (κ3) is 3.13. The van der Waals surface area contributed by atoms with Gasteiger partial charge in [-0.3, -0.25) is 9.59 Å². The van der Waals surface area contributed by atoms with Gasteiger partial charge in [0.25, 0.3) is 5.91 Å². The first-order chi connectivity index (χ1) is 10.6. The lowest BCUT2D eigenvalue weighted by Gasteiger charge is -2.42. The number of morpholine rings is 1. The van der Waals surface area contributed by atoms with E-state index in [0.717, 1.165) is 6.42 Å². The highest BCUT2D eigenvalue weighted by molar-refractivity contribution is 7.11. The monoisotopic (exact) mass is 325 g/mol. The second-order valence-corrected chi connectivity index (χ2v) is 6.36. The lowest BCUT2D eigenvalue weighted by atomic mass is 10.2. The highest BCUT2D eigenvalue weighted by Crippen LogP contribution is 2.25. The van der Waals surface area contributed by atoms with Crippen LogP contribution in [0.1, 0.15) is 23.1 Å². The Bertz CT molecular complexity index is 550. The largest absolute Gasteiger partial charge is 0.347 e. The number of thiazole rings is 1. The minimum Gasteiger partial charge on any atom is -0.347 e. The van der Waals surface area contributed by atoms with Gasteiger partial charge in [-0.2, -0.15) is 0 Å². The first-order valence-corrected chi connectivity index (χ1v) is 8.20. The second kappa shape index (κ2) is 6.31. The number of amides is 2. The summed E-state index contributed by atoms with van der Waals surface area (Å²) in [5.41, 5.74) is 0. The summed E-state index contributed by atoms with van der Waals surface area (Å²) in [4.78, 5) is 31.7. The number of carbonyl (C=O) groups is 2. The van der Waals surface area contributed by atoms with Gasteiger partial charge in [-0.05, 0) is 6.42 Å². The maximum Gasteiger partial charge on any atom is 0.283 e. The van der Waals surface area contributed by atoms with Crippen LogP contribution in [0.2, 0.25) is 0 Å². The molecule has 2 aliphatic heterocycles. The van der Waals surface area contributed by atoms with E-state index in [1.54, 1.807) is 28.3 Å². The molecule has 2 aliphatic rings. The van der Waals surface area contributed by atoms with Crippen LogP contribution < -0.4 is 0 Å². The zero-order valence-electron chi connectivity index (χ0n) is 12.5. The van der Waals surface area contributed by atoms with Crippen LogP contribution in [-0.2, 0) is 14.3 Å². The molecule has 2 amide bonds. The van der Waals surface area contributed by atoms with Crippen molar-refractivity contribution in [3.05, 3.63) is 16.6 Å². The molecule has 0 bridgehead atoms. The fourth-order valence-corrected chi connectivity index (χ4v) is 3.38. The third-order valence-corrected chi connectivity index (χ3v) is 4.64. The van der Waals surface area contributed by atoms with Crippen LogP contribution in [0.15, 0.2) is 11.6 Å². The fourth-order valence-electron chi connectivity index (χ4n) is 2.78. The van der Waals surface area contributed by atoms with E-state index >= 15 is 0 Å². The van der Waals surface area contributed by atoms with Crippen LogP contribution in [0.3, 0.4) is 0 Å². The van der Waals surface area contributed by atoms with Gasteiger partial charge in [0.15, 0.2) is 5.01 Å². The third-order valence-electron chi connectivity index (χ3n) is 3.88. The van der Waals surface area contributed by atoms with Gasteiger partial charge in [-0.25, -0.2) is 4.98 Å². The molecule has 0 saturated carbocycles. The zero-order valence-corrected chi connectivity index (χ0v) is 13.3. The molecule has 8 heteroatoms. The molecule has 3 rings (SSSR count). The van der Waals surface area contributed by atoms with E-state index in [1.165, 1.54) is 11.3 Å². The summed E-state index contributed by atoms with van der Waals surface area (Å²) in [5, 5.41) is 2.25.